The third kappa shape index (κ3) is 1.63. The van der Waals surface area contributed by atoms with Crippen LogP contribution in [0.1, 0.15) is 62.8 Å². The van der Waals surface area contributed by atoms with E-state index in [-0.39, 0.29) is 0 Å². The van der Waals surface area contributed by atoms with Crippen molar-refractivity contribution in [3.63, 3.8) is 0 Å². The lowest BCUT2D eigenvalue weighted by molar-refractivity contribution is 0.469. The molecule has 3 heteroatoms. The molecule has 0 radical (unpaired) electrons. The molecule has 1 aromatic rings. The first kappa shape index (κ1) is 9.56. The standard InChI is InChI=1S/C11H18N2O/c1-7(2)9-10(14-11(12)13-9)8-5-3-4-6-8/h7-8H,3-6H2,1-2H3,(H2,12,13). The molecule has 0 saturated heterocycles. The van der Waals surface area contributed by atoms with Gasteiger partial charge in [0.25, 0.3) is 6.01 Å². The fraction of sp³-hybridized carbons (Fsp3) is 0.727. The van der Waals surface area contributed by atoms with Crippen LogP contribution in [0.4, 0.5) is 6.01 Å². The fourth-order valence-electron chi connectivity index (χ4n) is 2.26. The van der Waals surface area contributed by atoms with Gasteiger partial charge >= 0.3 is 0 Å². The molecular formula is C11H18N2O. The summed E-state index contributed by atoms with van der Waals surface area (Å²) in [4.78, 5) is 4.27. The molecule has 1 aromatic heterocycles. The van der Waals surface area contributed by atoms with Crippen molar-refractivity contribution < 1.29 is 4.42 Å². The zero-order valence-electron chi connectivity index (χ0n) is 8.92. The maximum atomic E-state index is 5.61. The highest BCUT2D eigenvalue weighted by atomic mass is 16.4. The molecule has 1 aliphatic carbocycles. The Morgan fingerprint density at radius 1 is 1.36 bits per heavy atom. The Balaban J connectivity index is 2.30. The summed E-state index contributed by atoms with van der Waals surface area (Å²) in [5.74, 6) is 2.03. The van der Waals surface area contributed by atoms with Crippen LogP contribution in [-0.2, 0) is 0 Å². The fourth-order valence-corrected chi connectivity index (χ4v) is 2.26. The van der Waals surface area contributed by atoms with Crippen LogP contribution in [0, 0.1) is 0 Å². The number of nitrogens with zero attached hydrogens (tertiary/aromatic N) is 1. The summed E-state index contributed by atoms with van der Waals surface area (Å²) in [6, 6.07) is 0.329. The minimum absolute atomic E-state index is 0.329. The Morgan fingerprint density at radius 2 is 2.00 bits per heavy atom. The molecule has 0 aliphatic heterocycles. The lowest BCUT2D eigenvalue weighted by Crippen LogP contribution is -1.98. The highest BCUT2D eigenvalue weighted by Crippen LogP contribution is 2.38. The number of aromatic nitrogens is 1. The maximum absolute atomic E-state index is 5.61. The van der Waals surface area contributed by atoms with E-state index in [0.717, 1.165) is 11.5 Å². The van der Waals surface area contributed by atoms with Crippen LogP contribution in [-0.4, -0.2) is 4.98 Å². The number of anilines is 1. The average Bonchev–Trinajstić information content (AvgIpc) is 2.70. The van der Waals surface area contributed by atoms with E-state index < -0.39 is 0 Å². The molecule has 0 bridgehead atoms. The Morgan fingerprint density at radius 3 is 2.57 bits per heavy atom. The van der Waals surface area contributed by atoms with Gasteiger partial charge in [-0.3, -0.25) is 0 Å². The van der Waals surface area contributed by atoms with Crippen LogP contribution in [0.25, 0.3) is 0 Å². The topological polar surface area (TPSA) is 52.0 Å². The lowest BCUT2D eigenvalue weighted by atomic mass is 9.98. The summed E-state index contributed by atoms with van der Waals surface area (Å²) >= 11 is 0. The Labute approximate surface area is 84.7 Å². The molecule has 1 heterocycles. The number of rotatable bonds is 2. The monoisotopic (exact) mass is 194 g/mol. The summed E-state index contributed by atoms with van der Waals surface area (Å²) in [5, 5.41) is 0. The molecule has 0 unspecified atom stereocenters. The van der Waals surface area contributed by atoms with E-state index in [2.05, 4.69) is 18.8 Å². The predicted octanol–water partition coefficient (Wildman–Crippen LogP) is 3.04. The largest absolute Gasteiger partial charge is 0.428 e. The highest BCUT2D eigenvalue weighted by molar-refractivity contribution is 5.25. The van der Waals surface area contributed by atoms with Gasteiger partial charge in [0.1, 0.15) is 5.76 Å². The first-order chi connectivity index (χ1) is 6.68. The second-order valence-corrected chi connectivity index (χ2v) is 4.44. The van der Waals surface area contributed by atoms with Crippen LogP contribution in [0.2, 0.25) is 0 Å². The van der Waals surface area contributed by atoms with Gasteiger partial charge in [0, 0.05) is 5.92 Å². The van der Waals surface area contributed by atoms with Crippen molar-refractivity contribution >= 4 is 6.01 Å². The van der Waals surface area contributed by atoms with Crippen molar-refractivity contribution in [2.24, 2.45) is 0 Å². The Hall–Kier alpha value is -0.990. The molecule has 3 nitrogen and oxygen atoms in total. The summed E-state index contributed by atoms with van der Waals surface area (Å²) in [7, 11) is 0. The molecule has 0 aromatic carbocycles. The number of hydrogen-bond donors (Lipinski definition) is 1. The summed E-state index contributed by atoms with van der Waals surface area (Å²) < 4.78 is 5.53. The smallest absolute Gasteiger partial charge is 0.292 e. The minimum atomic E-state index is 0.329. The zero-order chi connectivity index (χ0) is 10.1. The molecule has 1 fully saturated rings. The zero-order valence-corrected chi connectivity index (χ0v) is 8.92. The normalized spacial score (nSPS) is 18.2. The summed E-state index contributed by atoms with van der Waals surface area (Å²) in [6.45, 7) is 4.27. The van der Waals surface area contributed by atoms with E-state index in [0.29, 0.717) is 17.9 Å². The van der Waals surface area contributed by atoms with Crippen LogP contribution in [0.5, 0.6) is 0 Å². The molecule has 2 N–H and O–H groups in total. The van der Waals surface area contributed by atoms with Crippen molar-refractivity contribution in [3.05, 3.63) is 11.5 Å². The molecule has 2 rings (SSSR count). The van der Waals surface area contributed by atoms with E-state index in [1.54, 1.807) is 0 Å². The van der Waals surface area contributed by atoms with Gasteiger partial charge in [-0.1, -0.05) is 26.7 Å². The Kier molecular flexibility index (Phi) is 2.48. The number of nitrogen functional groups attached to an aromatic ring is 1. The van der Waals surface area contributed by atoms with Gasteiger partial charge < -0.3 is 10.2 Å². The van der Waals surface area contributed by atoms with Crippen molar-refractivity contribution in [1.82, 2.24) is 4.98 Å². The van der Waals surface area contributed by atoms with Crippen LogP contribution in [0.15, 0.2) is 4.42 Å². The summed E-state index contributed by atoms with van der Waals surface area (Å²) in [5.41, 5.74) is 6.67. The Bertz CT molecular complexity index is 311. The molecule has 1 aliphatic rings. The first-order valence-corrected chi connectivity index (χ1v) is 5.44. The van der Waals surface area contributed by atoms with Crippen molar-refractivity contribution in [1.29, 1.82) is 0 Å². The predicted molar refractivity (Wildman–Crippen MR) is 56.2 cm³/mol. The van der Waals surface area contributed by atoms with Crippen LogP contribution >= 0.6 is 0 Å². The van der Waals surface area contributed by atoms with Crippen molar-refractivity contribution in [3.8, 4) is 0 Å². The van der Waals surface area contributed by atoms with Gasteiger partial charge in [-0.25, -0.2) is 0 Å². The molecule has 1 saturated carbocycles. The number of oxazole rings is 1. The second-order valence-electron chi connectivity index (χ2n) is 4.44. The molecule has 0 amide bonds. The third-order valence-electron chi connectivity index (χ3n) is 2.97. The molecule has 14 heavy (non-hydrogen) atoms. The van der Waals surface area contributed by atoms with Gasteiger partial charge in [-0.2, -0.15) is 4.98 Å². The number of nitrogens with two attached hydrogens (primary N) is 1. The molecule has 0 spiro atoms. The highest BCUT2D eigenvalue weighted by Gasteiger charge is 2.26. The van der Waals surface area contributed by atoms with E-state index >= 15 is 0 Å². The van der Waals surface area contributed by atoms with Gasteiger partial charge in [-0.05, 0) is 18.8 Å². The van der Waals surface area contributed by atoms with Crippen LogP contribution < -0.4 is 5.73 Å². The van der Waals surface area contributed by atoms with E-state index in [1.165, 1.54) is 25.7 Å². The van der Waals surface area contributed by atoms with Gasteiger partial charge in [0.2, 0.25) is 0 Å². The maximum Gasteiger partial charge on any atom is 0.292 e. The van der Waals surface area contributed by atoms with Gasteiger partial charge in [-0.15, -0.1) is 0 Å². The first-order valence-electron chi connectivity index (χ1n) is 5.44. The lowest BCUT2D eigenvalue weighted by Gasteiger charge is -2.08. The summed E-state index contributed by atoms with van der Waals surface area (Å²) in [6.07, 6.45) is 5.08. The third-order valence-corrected chi connectivity index (χ3v) is 2.97. The average molecular weight is 194 g/mol. The minimum Gasteiger partial charge on any atom is -0.428 e. The van der Waals surface area contributed by atoms with Crippen LogP contribution in [0.3, 0.4) is 0 Å². The van der Waals surface area contributed by atoms with Crippen molar-refractivity contribution in [2.45, 2.75) is 51.4 Å². The van der Waals surface area contributed by atoms with E-state index in [9.17, 15) is 0 Å². The number of hydrogen-bond acceptors (Lipinski definition) is 3. The van der Waals surface area contributed by atoms with E-state index in [4.69, 9.17) is 10.2 Å². The molecule has 78 valence electrons. The van der Waals surface area contributed by atoms with Gasteiger partial charge in [0.15, 0.2) is 0 Å². The van der Waals surface area contributed by atoms with E-state index in [1.807, 2.05) is 0 Å². The SMILES string of the molecule is CC(C)c1nc(N)oc1C1CCCC1. The second kappa shape index (κ2) is 3.64. The molecule has 0 atom stereocenters. The quantitative estimate of drug-likeness (QED) is 0.787. The van der Waals surface area contributed by atoms with Gasteiger partial charge in [0.05, 0.1) is 5.69 Å². The van der Waals surface area contributed by atoms with Crippen molar-refractivity contribution in [2.75, 3.05) is 5.73 Å². The molecular weight excluding hydrogens is 176 g/mol.